The molecule has 0 unspecified atom stereocenters. The monoisotopic (exact) mass is 952 g/mol. The molecule has 0 aliphatic rings. The van der Waals surface area contributed by atoms with E-state index < -0.39 is 0 Å². The molecule has 10 aromatic carbocycles. The number of nitrogens with zero attached hydrogens (tertiary/aromatic N) is 2. The van der Waals surface area contributed by atoms with Crippen LogP contribution in [0.1, 0.15) is 22.3 Å². The predicted molar refractivity (Wildman–Crippen MR) is 281 cm³/mol. The molecule has 0 bridgehead atoms. The molecule has 310 valence electrons. The molecule has 0 aliphatic carbocycles. The van der Waals surface area contributed by atoms with Crippen molar-refractivity contribution < 1.29 is 0 Å². The summed E-state index contributed by atoms with van der Waals surface area (Å²) in [5, 5.41) is 4.97. The Hall–Kier alpha value is -6.72. The maximum absolute atomic E-state index is 3.70. The van der Waals surface area contributed by atoms with Crippen LogP contribution in [0, 0.1) is 27.7 Å². The number of hydrogen-bond acceptors (Lipinski definition) is 2. The summed E-state index contributed by atoms with van der Waals surface area (Å²) in [7, 11) is 0. The van der Waals surface area contributed by atoms with Crippen molar-refractivity contribution in [3.8, 4) is 33.4 Å². The summed E-state index contributed by atoms with van der Waals surface area (Å²) < 4.78 is 2.09. The van der Waals surface area contributed by atoms with Crippen molar-refractivity contribution in [1.82, 2.24) is 0 Å². The SMILES string of the molecule is Cc1ccc(N(c2ccc(-c3ccc4ccc(C)c(-c5c(C)ccc6ccc(-c7ccc(N(c8ccc(C)cc8)c8cccc(Br)c8)cc7)cc56)c4c3)cc2)c2cccc(Br)c2)cc1. The van der Waals surface area contributed by atoms with Gasteiger partial charge in [0.1, 0.15) is 0 Å². The van der Waals surface area contributed by atoms with Gasteiger partial charge in [0.25, 0.3) is 0 Å². The van der Waals surface area contributed by atoms with Gasteiger partial charge in [-0.1, -0.05) is 152 Å². The lowest BCUT2D eigenvalue weighted by molar-refractivity contribution is 1.27. The second-order valence-corrected chi connectivity index (χ2v) is 18.6. The Bertz CT molecular complexity index is 3090. The lowest BCUT2D eigenvalue weighted by Gasteiger charge is -2.26. The Labute approximate surface area is 393 Å². The van der Waals surface area contributed by atoms with Crippen molar-refractivity contribution in [2.24, 2.45) is 0 Å². The molecule has 0 aliphatic heterocycles. The largest absolute Gasteiger partial charge is 0.310 e. The van der Waals surface area contributed by atoms with E-state index in [2.05, 4.69) is 276 Å². The smallest absolute Gasteiger partial charge is 0.0472 e. The Morgan fingerprint density at radius 2 is 0.625 bits per heavy atom. The molecule has 10 aromatic rings. The van der Waals surface area contributed by atoms with E-state index in [0.29, 0.717) is 0 Å². The average molecular weight is 955 g/mol. The van der Waals surface area contributed by atoms with Gasteiger partial charge in [-0.25, -0.2) is 0 Å². The highest BCUT2D eigenvalue weighted by Crippen LogP contribution is 2.43. The van der Waals surface area contributed by atoms with Crippen LogP contribution in [0.4, 0.5) is 34.1 Å². The van der Waals surface area contributed by atoms with E-state index in [1.54, 1.807) is 0 Å². The summed E-state index contributed by atoms with van der Waals surface area (Å²) in [4.78, 5) is 4.62. The highest BCUT2D eigenvalue weighted by Gasteiger charge is 2.18. The van der Waals surface area contributed by atoms with Crippen molar-refractivity contribution >= 4 is 87.5 Å². The molecule has 4 heteroatoms. The number of fused-ring (bicyclic) bond motifs is 2. The molecule has 0 N–H and O–H groups in total. The van der Waals surface area contributed by atoms with E-state index >= 15 is 0 Å². The van der Waals surface area contributed by atoms with Gasteiger partial charge in [0.05, 0.1) is 0 Å². The summed E-state index contributed by atoms with van der Waals surface area (Å²) in [5.74, 6) is 0. The summed E-state index contributed by atoms with van der Waals surface area (Å²) >= 11 is 7.40. The van der Waals surface area contributed by atoms with Crippen LogP contribution in [-0.4, -0.2) is 0 Å². The number of hydrogen-bond donors (Lipinski definition) is 0. The van der Waals surface area contributed by atoms with E-state index in [1.165, 1.54) is 77.2 Å². The average Bonchev–Trinajstić information content (AvgIpc) is 3.31. The van der Waals surface area contributed by atoms with Gasteiger partial charge in [-0.2, -0.15) is 0 Å². The van der Waals surface area contributed by atoms with Crippen LogP contribution in [0.25, 0.3) is 54.9 Å². The molecular formula is C60H46Br2N2. The minimum Gasteiger partial charge on any atom is -0.310 e. The standard InChI is InChI=1S/C60H46Br2N2/c1-39-11-27-51(28-12-39)63(55-9-5-7-49(61)37-55)53-31-23-43(24-32-53)47-21-19-45-17-15-41(3)59(57(45)35-47)60-42(4)16-18-46-20-22-48(36-58(46)60)44-25-33-54(34-26-44)64(52-29-13-40(2)14-30-52)56-10-6-8-50(62)38-56/h5-38H,1-4H3. The number of halogens is 2. The molecule has 0 heterocycles. The van der Waals surface area contributed by atoms with Crippen molar-refractivity contribution in [2.75, 3.05) is 9.80 Å². The van der Waals surface area contributed by atoms with Crippen LogP contribution in [0.2, 0.25) is 0 Å². The van der Waals surface area contributed by atoms with Gasteiger partial charge in [-0.05, 0) is 191 Å². The van der Waals surface area contributed by atoms with Gasteiger partial charge in [0, 0.05) is 43.1 Å². The van der Waals surface area contributed by atoms with E-state index in [9.17, 15) is 0 Å². The zero-order valence-corrected chi connectivity index (χ0v) is 39.5. The number of anilines is 6. The first-order valence-corrected chi connectivity index (χ1v) is 23.3. The van der Waals surface area contributed by atoms with Crippen molar-refractivity contribution in [3.05, 3.63) is 237 Å². The van der Waals surface area contributed by atoms with E-state index in [0.717, 1.165) is 43.1 Å². The maximum atomic E-state index is 3.70. The number of aryl methyl sites for hydroxylation is 4. The van der Waals surface area contributed by atoms with E-state index in [4.69, 9.17) is 0 Å². The predicted octanol–water partition coefficient (Wildman–Crippen LogP) is 18.7. The van der Waals surface area contributed by atoms with Gasteiger partial charge < -0.3 is 9.80 Å². The Kier molecular flexibility index (Phi) is 11.3. The zero-order valence-electron chi connectivity index (χ0n) is 36.3. The molecule has 0 aromatic heterocycles. The second kappa shape index (κ2) is 17.4. The Morgan fingerprint density at radius 1 is 0.297 bits per heavy atom. The van der Waals surface area contributed by atoms with Crippen molar-refractivity contribution in [3.63, 3.8) is 0 Å². The molecule has 0 radical (unpaired) electrons. The van der Waals surface area contributed by atoms with Crippen LogP contribution in [0.3, 0.4) is 0 Å². The molecule has 64 heavy (non-hydrogen) atoms. The normalized spacial score (nSPS) is 11.3. The van der Waals surface area contributed by atoms with E-state index in [1.807, 2.05) is 0 Å². The minimum absolute atomic E-state index is 1.05. The number of rotatable bonds is 9. The molecule has 0 saturated heterocycles. The highest BCUT2D eigenvalue weighted by molar-refractivity contribution is 9.10. The van der Waals surface area contributed by atoms with Crippen molar-refractivity contribution in [2.45, 2.75) is 27.7 Å². The third-order valence-corrected chi connectivity index (χ3v) is 13.3. The lowest BCUT2D eigenvalue weighted by Crippen LogP contribution is -2.09. The van der Waals surface area contributed by atoms with Crippen LogP contribution in [-0.2, 0) is 0 Å². The summed E-state index contributed by atoms with van der Waals surface area (Å²) in [6, 6.07) is 75.3. The fourth-order valence-electron chi connectivity index (χ4n) is 9.00. The maximum Gasteiger partial charge on any atom is 0.0472 e. The highest BCUT2D eigenvalue weighted by atomic mass is 79.9. The topological polar surface area (TPSA) is 6.48 Å². The molecule has 10 rings (SSSR count). The summed E-state index contributed by atoms with van der Waals surface area (Å²) in [6.45, 7) is 8.77. The van der Waals surface area contributed by atoms with Crippen molar-refractivity contribution in [1.29, 1.82) is 0 Å². The van der Waals surface area contributed by atoms with Gasteiger partial charge >= 0.3 is 0 Å². The molecule has 0 atom stereocenters. The number of benzene rings is 10. The molecule has 0 saturated carbocycles. The van der Waals surface area contributed by atoms with Crippen LogP contribution >= 0.6 is 31.9 Å². The molecule has 0 amide bonds. The fourth-order valence-corrected chi connectivity index (χ4v) is 9.77. The summed E-state index contributed by atoms with van der Waals surface area (Å²) in [5.41, 5.74) is 19.0. The van der Waals surface area contributed by atoms with Crippen LogP contribution in [0.5, 0.6) is 0 Å². The first-order chi connectivity index (χ1) is 31.2. The van der Waals surface area contributed by atoms with Gasteiger partial charge in [-0.15, -0.1) is 0 Å². The first kappa shape index (κ1) is 41.3. The molecule has 2 nitrogen and oxygen atoms in total. The van der Waals surface area contributed by atoms with Crippen LogP contribution < -0.4 is 9.80 Å². The van der Waals surface area contributed by atoms with E-state index in [-0.39, 0.29) is 0 Å². The Morgan fingerprint density at radius 3 is 0.984 bits per heavy atom. The van der Waals surface area contributed by atoms with Gasteiger partial charge in [-0.3, -0.25) is 0 Å². The molecular weight excluding hydrogens is 908 g/mol. The minimum atomic E-state index is 1.05. The zero-order chi connectivity index (χ0) is 43.9. The van der Waals surface area contributed by atoms with Crippen LogP contribution in [0.15, 0.2) is 215 Å². The third-order valence-electron chi connectivity index (χ3n) is 12.3. The second-order valence-electron chi connectivity index (χ2n) is 16.8. The summed E-state index contributed by atoms with van der Waals surface area (Å²) in [6.07, 6.45) is 0. The quantitative estimate of drug-likeness (QED) is 0.142. The molecule has 0 spiro atoms. The fraction of sp³-hybridized carbons (Fsp3) is 0.0667. The van der Waals surface area contributed by atoms with Gasteiger partial charge in [0.2, 0.25) is 0 Å². The van der Waals surface area contributed by atoms with Gasteiger partial charge in [0.15, 0.2) is 0 Å². The Balaban J connectivity index is 1.03. The third kappa shape index (κ3) is 8.16. The lowest BCUT2D eigenvalue weighted by atomic mass is 9.86. The molecule has 0 fully saturated rings. The first-order valence-electron chi connectivity index (χ1n) is 21.7.